The summed E-state index contributed by atoms with van der Waals surface area (Å²) in [4.78, 5) is 23.2. The van der Waals surface area contributed by atoms with Crippen LogP contribution in [0, 0.1) is 0 Å². The van der Waals surface area contributed by atoms with Crippen LogP contribution >= 0.6 is 11.3 Å². The van der Waals surface area contributed by atoms with E-state index >= 15 is 0 Å². The smallest absolute Gasteiger partial charge is 0.347 e. The molecule has 5 nitrogen and oxygen atoms in total. The van der Waals surface area contributed by atoms with Crippen LogP contribution in [0.15, 0.2) is 29.3 Å². The summed E-state index contributed by atoms with van der Waals surface area (Å²) in [6, 6.07) is 3.68. The lowest BCUT2D eigenvalue weighted by atomic mass is 10.3. The van der Waals surface area contributed by atoms with Gasteiger partial charge in [-0.1, -0.05) is 0 Å². The molecule has 0 spiro atoms. The van der Waals surface area contributed by atoms with Crippen LogP contribution in [0.2, 0.25) is 0 Å². The molecule has 0 amide bonds. The maximum absolute atomic E-state index is 11.6. The van der Waals surface area contributed by atoms with Crippen LogP contribution in [0.4, 0.5) is 5.00 Å². The van der Waals surface area contributed by atoms with E-state index in [-0.39, 0.29) is 18.8 Å². The molecule has 0 atom stereocenters. The SMILES string of the molecule is CCOC(=O)C(=CNc1cccs1)C(=O)OCC. The summed E-state index contributed by atoms with van der Waals surface area (Å²) in [6.45, 7) is 3.75. The van der Waals surface area contributed by atoms with Crippen molar-refractivity contribution in [3.8, 4) is 0 Å². The first-order valence-corrected chi connectivity index (χ1v) is 6.41. The molecule has 0 saturated carbocycles. The number of carbonyl (C=O) groups excluding carboxylic acids is 2. The highest BCUT2D eigenvalue weighted by Gasteiger charge is 2.20. The van der Waals surface area contributed by atoms with Crippen molar-refractivity contribution in [2.24, 2.45) is 0 Å². The van der Waals surface area contributed by atoms with Crippen molar-refractivity contribution in [3.05, 3.63) is 29.3 Å². The zero-order valence-electron chi connectivity index (χ0n) is 10.3. The third-order valence-electron chi connectivity index (χ3n) is 1.87. The number of hydrogen-bond acceptors (Lipinski definition) is 6. The normalized spacial score (nSPS) is 9.44. The summed E-state index contributed by atoms with van der Waals surface area (Å²) in [6.07, 6.45) is 1.31. The van der Waals surface area contributed by atoms with Gasteiger partial charge in [-0.05, 0) is 31.4 Å². The molecule has 0 radical (unpaired) electrons. The number of hydrogen-bond donors (Lipinski definition) is 1. The van der Waals surface area contributed by atoms with Crippen molar-refractivity contribution in [2.75, 3.05) is 18.5 Å². The number of thiophene rings is 1. The minimum absolute atomic E-state index is 0.146. The summed E-state index contributed by atoms with van der Waals surface area (Å²) in [5.74, 6) is -1.39. The van der Waals surface area contributed by atoms with E-state index < -0.39 is 11.9 Å². The van der Waals surface area contributed by atoms with Crippen molar-refractivity contribution in [2.45, 2.75) is 13.8 Å². The fraction of sp³-hybridized carbons (Fsp3) is 0.333. The molecule has 1 aromatic rings. The first kappa shape index (κ1) is 14.2. The van der Waals surface area contributed by atoms with Gasteiger partial charge in [-0.3, -0.25) is 0 Å². The second-order valence-electron chi connectivity index (χ2n) is 3.12. The van der Waals surface area contributed by atoms with Gasteiger partial charge in [-0.2, -0.15) is 0 Å². The molecule has 1 aromatic heterocycles. The predicted octanol–water partition coefficient (Wildman–Crippen LogP) is 2.17. The minimum atomic E-state index is -0.694. The molecular formula is C12H15NO4S. The molecule has 0 bridgehead atoms. The van der Waals surface area contributed by atoms with Crippen molar-refractivity contribution in [1.29, 1.82) is 0 Å². The zero-order valence-corrected chi connectivity index (χ0v) is 11.1. The van der Waals surface area contributed by atoms with Crippen LogP contribution in [-0.4, -0.2) is 25.2 Å². The van der Waals surface area contributed by atoms with E-state index in [0.717, 1.165) is 5.00 Å². The topological polar surface area (TPSA) is 64.6 Å². The highest BCUT2D eigenvalue weighted by atomic mass is 32.1. The van der Waals surface area contributed by atoms with E-state index in [1.807, 2.05) is 17.5 Å². The van der Waals surface area contributed by atoms with E-state index in [1.54, 1.807) is 13.8 Å². The Balaban J connectivity index is 2.78. The molecule has 0 fully saturated rings. The third kappa shape index (κ3) is 4.21. The van der Waals surface area contributed by atoms with E-state index in [2.05, 4.69) is 5.32 Å². The van der Waals surface area contributed by atoms with Gasteiger partial charge in [0.15, 0.2) is 5.57 Å². The van der Waals surface area contributed by atoms with E-state index in [9.17, 15) is 9.59 Å². The van der Waals surface area contributed by atoms with Gasteiger partial charge in [-0.15, -0.1) is 11.3 Å². The Morgan fingerprint density at radius 1 is 1.28 bits per heavy atom. The highest BCUT2D eigenvalue weighted by Crippen LogP contribution is 2.15. The molecule has 0 aromatic carbocycles. The van der Waals surface area contributed by atoms with Crippen molar-refractivity contribution < 1.29 is 19.1 Å². The Kier molecular flexibility index (Phi) is 5.93. The zero-order chi connectivity index (χ0) is 13.4. The molecule has 6 heteroatoms. The van der Waals surface area contributed by atoms with Gasteiger partial charge >= 0.3 is 11.9 Å². The molecule has 98 valence electrons. The summed E-state index contributed by atoms with van der Waals surface area (Å²) in [5, 5.41) is 5.56. The van der Waals surface area contributed by atoms with Gasteiger partial charge < -0.3 is 14.8 Å². The van der Waals surface area contributed by atoms with Crippen LogP contribution in [0.25, 0.3) is 0 Å². The molecular weight excluding hydrogens is 254 g/mol. The fourth-order valence-electron chi connectivity index (χ4n) is 1.12. The summed E-state index contributed by atoms with van der Waals surface area (Å²) in [5.41, 5.74) is -0.146. The minimum Gasteiger partial charge on any atom is -0.462 e. The predicted molar refractivity (Wildman–Crippen MR) is 69.3 cm³/mol. The van der Waals surface area contributed by atoms with Crippen LogP contribution in [0.3, 0.4) is 0 Å². The van der Waals surface area contributed by atoms with Crippen LogP contribution < -0.4 is 5.32 Å². The lowest BCUT2D eigenvalue weighted by molar-refractivity contribution is -0.146. The van der Waals surface area contributed by atoms with E-state index in [0.29, 0.717) is 0 Å². The first-order chi connectivity index (χ1) is 8.69. The van der Waals surface area contributed by atoms with Gasteiger partial charge in [-0.25, -0.2) is 9.59 Å². The van der Waals surface area contributed by atoms with E-state index in [1.165, 1.54) is 17.5 Å². The standard InChI is InChI=1S/C12H15NO4S/c1-3-16-11(14)9(12(15)17-4-2)8-13-10-6-5-7-18-10/h5-8,13H,3-4H2,1-2H3. The highest BCUT2D eigenvalue weighted by molar-refractivity contribution is 7.14. The molecule has 1 N–H and O–H groups in total. The second kappa shape index (κ2) is 7.50. The third-order valence-corrected chi connectivity index (χ3v) is 2.67. The van der Waals surface area contributed by atoms with Crippen molar-refractivity contribution >= 4 is 28.3 Å². The molecule has 1 heterocycles. The second-order valence-corrected chi connectivity index (χ2v) is 4.07. The molecule has 0 aliphatic heterocycles. The Morgan fingerprint density at radius 2 is 1.89 bits per heavy atom. The van der Waals surface area contributed by atoms with Crippen LogP contribution in [-0.2, 0) is 19.1 Å². The quantitative estimate of drug-likeness (QED) is 0.371. The van der Waals surface area contributed by atoms with Gasteiger partial charge in [0.25, 0.3) is 0 Å². The Labute approximate surface area is 109 Å². The number of esters is 2. The van der Waals surface area contributed by atoms with Crippen LogP contribution in [0.1, 0.15) is 13.8 Å². The van der Waals surface area contributed by atoms with Gasteiger partial charge in [0.1, 0.15) is 0 Å². The Morgan fingerprint density at radius 3 is 2.33 bits per heavy atom. The maximum atomic E-state index is 11.6. The van der Waals surface area contributed by atoms with E-state index in [4.69, 9.17) is 9.47 Å². The lowest BCUT2D eigenvalue weighted by Crippen LogP contribution is -2.19. The van der Waals surface area contributed by atoms with Gasteiger partial charge in [0, 0.05) is 6.20 Å². The number of nitrogens with one attached hydrogen (secondary N) is 1. The Bertz CT molecular complexity index is 405. The summed E-state index contributed by atoms with van der Waals surface area (Å²) < 4.78 is 9.59. The molecule has 0 unspecified atom stereocenters. The molecule has 0 aliphatic rings. The fourth-order valence-corrected chi connectivity index (χ4v) is 1.71. The molecule has 18 heavy (non-hydrogen) atoms. The molecule has 0 aliphatic carbocycles. The first-order valence-electron chi connectivity index (χ1n) is 5.53. The summed E-state index contributed by atoms with van der Waals surface area (Å²) in [7, 11) is 0. The lowest BCUT2D eigenvalue weighted by Gasteiger charge is -2.06. The largest absolute Gasteiger partial charge is 0.462 e. The number of ether oxygens (including phenoxy) is 2. The monoisotopic (exact) mass is 269 g/mol. The van der Waals surface area contributed by atoms with Crippen LogP contribution in [0.5, 0.6) is 0 Å². The average molecular weight is 269 g/mol. The number of rotatable bonds is 6. The average Bonchev–Trinajstić information content (AvgIpc) is 2.83. The maximum Gasteiger partial charge on any atom is 0.347 e. The van der Waals surface area contributed by atoms with Crippen molar-refractivity contribution in [3.63, 3.8) is 0 Å². The van der Waals surface area contributed by atoms with Gasteiger partial charge in [0.2, 0.25) is 0 Å². The Hall–Kier alpha value is -1.82. The van der Waals surface area contributed by atoms with Gasteiger partial charge in [0.05, 0.1) is 18.2 Å². The van der Waals surface area contributed by atoms with Crippen molar-refractivity contribution in [1.82, 2.24) is 0 Å². The molecule has 0 saturated heterocycles. The summed E-state index contributed by atoms with van der Waals surface area (Å²) >= 11 is 1.46. The molecule has 1 rings (SSSR count). The number of anilines is 1. The number of carbonyl (C=O) groups is 2.